The van der Waals surface area contributed by atoms with Crippen molar-refractivity contribution in [1.82, 2.24) is 4.98 Å². The van der Waals surface area contributed by atoms with Crippen molar-refractivity contribution in [3.8, 4) is 0 Å². The molecule has 108 valence electrons. The van der Waals surface area contributed by atoms with Crippen LogP contribution in [0.25, 0.3) is 5.76 Å². The van der Waals surface area contributed by atoms with Gasteiger partial charge in [-0.2, -0.15) is 0 Å². The maximum atomic E-state index is 11.9. The number of carbonyl (C=O) groups is 1. The van der Waals surface area contributed by atoms with Crippen LogP contribution in [0.15, 0.2) is 22.8 Å². The topological polar surface area (TPSA) is 71.8 Å². The fourth-order valence-electron chi connectivity index (χ4n) is 1.40. The van der Waals surface area contributed by atoms with E-state index in [0.717, 1.165) is 0 Å². The van der Waals surface area contributed by atoms with Crippen molar-refractivity contribution in [3.05, 3.63) is 33.6 Å². The minimum absolute atomic E-state index is 0.0119. The monoisotopic (exact) mass is 316 g/mol. The molecule has 0 amide bonds. The van der Waals surface area contributed by atoms with Gasteiger partial charge in [0.1, 0.15) is 17.5 Å². The van der Waals surface area contributed by atoms with E-state index in [1.807, 2.05) is 6.92 Å². The molecule has 1 aromatic heterocycles. The van der Waals surface area contributed by atoms with Gasteiger partial charge in [-0.05, 0) is 13.0 Å². The Kier molecular flexibility index (Phi) is 6.64. The normalized spacial score (nSPS) is 12.6. The molecule has 0 saturated heterocycles. The number of aliphatic hydroxyl groups is 1. The predicted molar refractivity (Wildman–Crippen MR) is 79.7 cm³/mol. The van der Waals surface area contributed by atoms with Gasteiger partial charge in [-0.3, -0.25) is 9.79 Å². The first-order valence-corrected chi connectivity index (χ1v) is 6.53. The first-order valence-electron chi connectivity index (χ1n) is 5.77. The number of rotatable bonds is 6. The Bertz CT molecular complexity index is 557. The van der Waals surface area contributed by atoms with Crippen LogP contribution >= 0.6 is 23.2 Å². The number of pyridine rings is 1. The zero-order valence-corrected chi connectivity index (χ0v) is 12.6. The van der Waals surface area contributed by atoms with Gasteiger partial charge in [0.15, 0.2) is 5.78 Å². The minimum atomic E-state index is -0.411. The number of ether oxygens (including phenoxy) is 1. The van der Waals surface area contributed by atoms with Gasteiger partial charge in [-0.25, -0.2) is 4.98 Å². The van der Waals surface area contributed by atoms with Gasteiger partial charge in [-0.15, -0.1) is 0 Å². The molecule has 0 saturated carbocycles. The van der Waals surface area contributed by atoms with E-state index >= 15 is 0 Å². The third kappa shape index (κ3) is 4.30. The van der Waals surface area contributed by atoms with Crippen LogP contribution in [-0.2, 0) is 9.53 Å². The maximum Gasteiger partial charge on any atom is 0.193 e. The quantitative estimate of drug-likeness (QED) is 0.379. The van der Waals surface area contributed by atoms with Crippen molar-refractivity contribution in [2.24, 2.45) is 4.99 Å². The summed E-state index contributed by atoms with van der Waals surface area (Å²) in [6.07, 6.45) is 2.59. The van der Waals surface area contributed by atoms with Crippen LogP contribution in [0.5, 0.6) is 0 Å². The molecule has 1 N–H and O–H groups in total. The number of nitrogens with zero attached hydrogens (tertiary/aromatic N) is 2. The molecule has 0 radical (unpaired) electrons. The van der Waals surface area contributed by atoms with Gasteiger partial charge in [-0.1, -0.05) is 23.2 Å². The number of halogens is 2. The number of aliphatic imine (C=N–C) groups is 1. The van der Waals surface area contributed by atoms with Gasteiger partial charge >= 0.3 is 0 Å². The Morgan fingerprint density at radius 1 is 1.55 bits per heavy atom. The zero-order valence-electron chi connectivity index (χ0n) is 11.1. The predicted octanol–water partition coefficient (Wildman–Crippen LogP) is 2.96. The number of aliphatic hydroxyl groups excluding tert-OH is 1. The summed E-state index contributed by atoms with van der Waals surface area (Å²) < 4.78 is 4.78. The molecule has 0 aliphatic rings. The van der Waals surface area contributed by atoms with Crippen LogP contribution in [0, 0.1) is 0 Å². The number of carbonyl (C=O) groups excluding carboxylic acids is 1. The highest BCUT2D eigenvalue weighted by Crippen LogP contribution is 2.26. The molecular formula is C13H14Cl2N2O3. The van der Waals surface area contributed by atoms with E-state index in [9.17, 15) is 9.90 Å². The van der Waals surface area contributed by atoms with Crippen molar-refractivity contribution >= 4 is 41.0 Å². The molecule has 5 nitrogen and oxygen atoms in total. The second-order valence-electron chi connectivity index (χ2n) is 3.73. The van der Waals surface area contributed by atoms with Crippen molar-refractivity contribution in [2.75, 3.05) is 20.3 Å². The van der Waals surface area contributed by atoms with Crippen molar-refractivity contribution in [2.45, 2.75) is 6.92 Å². The van der Waals surface area contributed by atoms with Gasteiger partial charge in [0.05, 0.1) is 10.6 Å². The second kappa shape index (κ2) is 7.99. The molecular weight excluding hydrogens is 303 g/mol. The first kappa shape index (κ1) is 16.6. The van der Waals surface area contributed by atoms with Crippen LogP contribution in [0.1, 0.15) is 12.5 Å². The molecule has 1 heterocycles. The van der Waals surface area contributed by atoms with E-state index in [1.54, 1.807) is 0 Å². The lowest BCUT2D eigenvalue weighted by molar-refractivity contribution is -0.118. The van der Waals surface area contributed by atoms with E-state index in [0.29, 0.717) is 6.54 Å². The van der Waals surface area contributed by atoms with Crippen molar-refractivity contribution in [3.63, 3.8) is 0 Å². The number of Topliss-reactive ketones (excluding diaryl/α,β-unsaturated/α-hetero) is 1. The van der Waals surface area contributed by atoms with Crippen LogP contribution < -0.4 is 0 Å². The Morgan fingerprint density at radius 3 is 2.85 bits per heavy atom. The van der Waals surface area contributed by atoms with E-state index in [4.69, 9.17) is 27.9 Å². The summed E-state index contributed by atoms with van der Waals surface area (Å²) in [5.74, 6) is -0.718. The molecule has 0 bridgehead atoms. The van der Waals surface area contributed by atoms with Gasteiger partial charge in [0.25, 0.3) is 0 Å². The fourth-order valence-corrected chi connectivity index (χ4v) is 1.75. The van der Waals surface area contributed by atoms with E-state index in [2.05, 4.69) is 9.98 Å². The highest BCUT2D eigenvalue weighted by molar-refractivity contribution is 6.34. The van der Waals surface area contributed by atoms with E-state index in [1.165, 1.54) is 25.6 Å². The van der Waals surface area contributed by atoms with Crippen molar-refractivity contribution in [1.29, 1.82) is 0 Å². The lowest BCUT2D eigenvalue weighted by Crippen LogP contribution is -2.13. The molecule has 0 aliphatic carbocycles. The lowest BCUT2D eigenvalue weighted by atomic mass is 10.1. The standard InChI is InChI=1S/C13H14Cl2N2O3/c1-3-16-5-9(11(18)7-20-2)13(19)8-4-12(15)17-6-10(8)14/h4-6,19H,3,7H2,1-2H3. The van der Waals surface area contributed by atoms with E-state index in [-0.39, 0.29) is 33.7 Å². The van der Waals surface area contributed by atoms with Crippen LogP contribution in [0.3, 0.4) is 0 Å². The first-order chi connectivity index (χ1) is 9.51. The Morgan fingerprint density at radius 2 is 2.25 bits per heavy atom. The van der Waals surface area contributed by atoms with Crippen molar-refractivity contribution < 1.29 is 14.6 Å². The summed E-state index contributed by atoms with van der Waals surface area (Å²) in [7, 11) is 1.39. The molecule has 0 unspecified atom stereocenters. The molecule has 0 aromatic carbocycles. The summed E-state index contributed by atoms with van der Waals surface area (Å²) in [6.45, 7) is 2.11. The van der Waals surface area contributed by atoms with Crippen LogP contribution in [0.4, 0.5) is 0 Å². The summed E-state index contributed by atoms with van der Waals surface area (Å²) in [6, 6.07) is 1.37. The summed E-state index contributed by atoms with van der Waals surface area (Å²) in [5, 5.41) is 10.6. The number of hydrogen-bond acceptors (Lipinski definition) is 5. The second-order valence-corrected chi connectivity index (χ2v) is 4.53. The number of aromatic nitrogens is 1. The van der Waals surface area contributed by atoms with Gasteiger partial charge in [0, 0.05) is 31.6 Å². The van der Waals surface area contributed by atoms with E-state index < -0.39 is 5.78 Å². The largest absolute Gasteiger partial charge is 0.506 e. The lowest BCUT2D eigenvalue weighted by Gasteiger charge is -2.08. The Hall–Kier alpha value is -1.43. The number of ketones is 1. The molecule has 20 heavy (non-hydrogen) atoms. The summed E-state index contributed by atoms with van der Waals surface area (Å²) in [4.78, 5) is 19.7. The minimum Gasteiger partial charge on any atom is -0.506 e. The number of hydrogen-bond donors (Lipinski definition) is 1. The van der Waals surface area contributed by atoms with Crippen LogP contribution in [0.2, 0.25) is 10.2 Å². The summed E-state index contributed by atoms with van der Waals surface area (Å²) >= 11 is 11.7. The molecule has 0 spiro atoms. The SMILES string of the molecule is CCN=CC(C(=O)COC)=C(O)c1cc(Cl)ncc1Cl. The number of methoxy groups -OCH3 is 1. The Balaban J connectivity index is 3.35. The molecule has 1 rings (SSSR count). The third-order valence-corrected chi connectivity index (χ3v) is 2.82. The summed E-state index contributed by atoms with van der Waals surface area (Å²) in [5.41, 5.74) is 0.228. The highest BCUT2D eigenvalue weighted by Gasteiger charge is 2.17. The Labute approximate surface area is 126 Å². The molecule has 1 aromatic rings. The fraction of sp³-hybridized carbons (Fsp3) is 0.308. The van der Waals surface area contributed by atoms with Crippen LogP contribution in [-0.4, -0.2) is 42.3 Å². The molecule has 0 aliphatic heterocycles. The molecule has 7 heteroatoms. The average Bonchev–Trinajstić information content (AvgIpc) is 2.42. The third-order valence-electron chi connectivity index (χ3n) is 2.31. The van der Waals surface area contributed by atoms with Gasteiger partial charge in [0.2, 0.25) is 0 Å². The smallest absolute Gasteiger partial charge is 0.193 e. The van der Waals surface area contributed by atoms with Gasteiger partial charge < -0.3 is 9.84 Å². The highest BCUT2D eigenvalue weighted by atomic mass is 35.5. The molecule has 0 atom stereocenters. The molecule has 0 fully saturated rings. The maximum absolute atomic E-state index is 11.9. The zero-order chi connectivity index (χ0) is 15.1. The average molecular weight is 317 g/mol.